The number of ether oxygens (including phenoxy) is 1. The SMILES string of the molecule is CCNC(CC)c1ccc(-c2ccccc2OCC)cc1. The van der Waals surface area contributed by atoms with Crippen LogP contribution in [0, 0.1) is 0 Å². The van der Waals surface area contributed by atoms with Crippen molar-refractivity contribution in [2.45, 2.75) is 33.2 Å². The average molecular weight is 283 g/mol. The van der Waals surface area contributed by atoms with E-state index < -0.39 is 0 Å². The molecule has 0 aliphatic heterocycles. The van der Waals surface area contributed by atoms with E-state index in [9.17, 15) is 0 Å². The largest absolute Gasteiger partial charge is 0.493 e. The first-order chi connectivity index (χ1) is 10.3. The van der Waals surface area contributed by atoms with Crippen LogP contribution in [0.2, 0.25) is 0 Å². The summed E-state index contributed by atoms with van der Waals surface area (Å²) in [5.41, 5.74) is 3.70. The van der Waals surface area contributed by atoms with Crippen LogP contribution in [0.25, 0.3) is 11.1 Å². The van der Waals surface area contributed by atoms with Crippen molar-refractivity contribution in [1.82, 2.24) is 5.32 Å². The van der Waals surface area contributed by atoms with Gasteiger partial charge in [0.2, 0.25) is 0 Å². The van der Waals surface area contributed by atoms with Gasteiger partial charge in [-0.15, -0.1) is 0 Å². The van der Waals surface area contributed by atoms with Gasteiger partial charge in [0.15, 0.2) is 0 Å². The third kappa shape index (κ3) is 3.85. The van der Waals surface area contributed by atoms with Crippen molar-refractivity contribution in [1.29, 1.82) is 0 Å². The molecule has 112 valence electrons. The molecule has 0 saturated heterocycles. The zero-order chi connectivity index (χ0) is 15.1. The van der Waals surface area contributed by atoms with Crippen LogP contribution in [-0.2, 0) is 0 Å². The maximum atomic E-state index is 5.72. The summed E-state index contributed by atoms with van der Waals surface area (Å²) in [4.78, 5) is 0. The van der Waals surface area contributed by atoms with Gasteiger partial charge in [-0.2, -0.15) is 0 Å². The zero-order valence-corrected chi connectivity index (χ0v) is 13.2. The molecule has 0 amide bonds. The van der Waals surface area contributed by atoms with E-state index >= 15 is 0 Å². The summed E-state index contributed by atoms with van der Waals surface area (Å²) in [5, 5.41) is 3.51. The van der Waals surface area contributed by atoms with Crippen LogP contribution in [0.1, 0.15) is 38.8 Å². The van der Waals surface area contributed by atoms with Crippen molar-refractivity contribution in [3.8, 4) is 16.9 Å². The van der Waals surface area contributed by atoms with Crippen molar-refractivity contribution >= 4 is 0 Å². The molecule has 0 aromatic heterocycles. The molecule has 0 radical (unpaired) electrons. The van der Waals surface area contributed by atoms with Gasteiger partial charge in [0.1, 0.15) is 5.75 Å². The molecule has 2 nitrogen and oxygen atoms in total. The summed E-state index contributed by atoms with van der Waals surface area (Å²) in [5.74, 6) is 0.950. The van der Waals surface area contributed by atoms with Gasteiger partial charge in [0, 0.05) is 11.6 Å². The lowest BCUT2D eigenvalue weighted by Gasteiger charge is -2.17. The number of nitrogens with one attached hydrogen (secondary N) is 1. The molecule has 0 heterocycles. The molecule has 2 rings (SSSR count). The van der Waals surface area contributed by atoms with Gasteiger partial charge in [-0.1, -0.05) is 56.3 Å². The minimum atomic E-state index is 0.436. The van der Waals surface area contributed by atoms with Gasteiger partial charge in [0.05, 0.1) is 6.61 Å². The molecule has 2 heteroatoms. The lowest BCUT2D eigenvalue weighted by Crippen LogP contribution is -2.19. The Labute approximate surface area is 128 Å². The Morgan fingerprint density at radius 1 is 0.952 bits per heavy atom. The second kappa shape index (κ2) is 7.84. The van der Waals surface area contributed by atoms with E-state index in [4.69, 9.17) is 4.74 Å². The monoisotopic (exact) mass is 283 g/mol. The minimum absolute atomic E-state index is 0.436. The highest BCUT2D eigenvalue weighted by atomic mass is 16.5. The predicted octanol–water partition coefficient (Wildman–Crippen LogP) is 4.81. The molecular weight excluding hydrogens is 258 g/mol. The molecule has 0 spiro atoms. The highest BCUT2D eigenvalue weighted by Crippen LogP contribution is 2.30. The Morgan fingerprint density at radius 2 is 1.67 bits per heavy atom. The van der Waals surface area contributed by atoms with Crippen LogP contribution in [-0.4, -0.2) is 13.2 Å². The van der Waals surface area contributed by atoms with Crippen LogP contribution >= 0.6 is 0 Å². The van der Waals surface area contributed by atoms with Crippen molar-refractivity contribution < 1.29 is 4.74 Å². The summed E-state index contributed by atoms with van der Waals surface area (Å²) in [6, 6.07) is 17.5. The van der Waals surface area contributed by atoms with E-state index in [-0.39, 0.29) is 0 Å². The van der Waals surface area contributed by atoms with E-state index in [1.54, 1.807) is 0 Å². The average Bonchev–Trinajstić information content (AvgIpc) is 2.54. The summed E-state index contributed by atoms with van der Waals surface area (Å²) < 4.78 is 5.72. The van der Waals surface area contributed by atoms with E-state index in [2.05, 4.69) is 55.6 Å². The first kappa shape index (κ1) is 15.6. The molecule has 0 bridgehead atoms. The number of rotatable bonds is 7. The van der Waals surface area contributed by atoms with E-state index in [1.807, 2.05) is 19.1 Å². The van der Waals surface area contributed by atoms with Gasteiger partial charge < -0.3 is 10.1 Å². The fourth-order valence-electron chi connectivity index (χ4n) is 2.63. The Kier molecular flexibility index (Phi) is 5.82. The molecule has 2 aromatic rings. The molecule has 0 saturated carbocycles. The Balaban J connectivity index is 2.26. The fraction of sp³-hybridized carbons (Fsp3) is 0.368. The number of benzene rings is 2. The molecule has 2 aromatic carbocycles. The Bertz CT molecular complexity index is 548. The van der Waals surface area contributed by atoms with Crippen LogP contribution in [0.4, 0.5) is 0 Å². The Hall–Kier alpha value is -1.80. The second-order valence-electron chi connectivity index (χ2n) is 5.07. The maximum absolute atomic E-state index is 5.72. The summed E-state index contributed by atoms with van der Waals surface area (Å²) in [6.45, 7) is 8.06. The van der Waals surface area contributed by atoms with Crippen molar-refractivity contribution in [2.24, 2.45) is 0 Å². The van der Waals surface area contributed by atoms with E-state index in [0.29, 0.717) is 12.6 Å². The van der Waals surface area contributed by atoms with Crippen LogP contribution in [0.3, 0.4) is 0 Å². The number of hydrogen-bond donors (Lipinski definition) is 1. The third-order valence-corrected chi connectivity index (χ3v) is 3.67. The molecular formula is C19H25NO. The Morgan fingerprint density at radius 3 is 2.29 bits per heavy atom. The molecule has 0 fully saturated rings. The van der Waals surface area contributed by atoms with Crippen molar-refractivity contribution in [2.75, 3.05) is 13.2 Å². The third-order valence-electron chi connectivity index (χ3n) is 3.67. The topological polar surface area (TPSA) is 21.3 Å². The number of hydrogen-bond acceptors (Lipinski definition) is 2. The minimum Gasteiger partial charge on any atom is -0.493 e. The van der Waals surface area contributed by atoms with Crippen LogP contribution in [0.5, 0.6) is 5.75 Å². The van der Waals surface area contributed by atoms with Crippen molar-refractivity contribution in [3.05, 3.63) is 54.1 Å². The highest BCUT2D eigenvalue weighted by Gasteiger charge is 2.09. The fourth-order valence-corrected chi connectivity index (χ4v) is 2.63. The summed E-state index contributed by atoms with van der Waals surface area (Å²) in [6.07, 6.45) is 1.10. The summed E-state index contributed by atoms with van der Waals surface area (Å²) >= 11 is 0. The molecule has 1 unspecified atom stereocenters. The van der Waals surface area contributed by atoms with Gasteiger partial charge >= 0.3 is 0 Å². The van der Waals surface area contributed by atoms with Gasteiger partial charge in [-0.05, 0) is 37.1 Å². The van der Waals surface area contributed by atoms with Gasteiger partial charge in [-0.3, -0.25) is 0 Å². The number of para-hydroxylation sites is 1. The first-order valence-corrected chi connectivity index (χ1v) is 7.85. The molecule has 21 heavy (non-hydrogen) atoms. The van der Waals surface area contributed by atoms with E-state index in [0.717, 1.165) is 24.3 Å². The van der Waals surface area contributed by atoms with E-state index in [1.165, 1.54) is 11.1 Å². The lowest BCUT2D eigenvalue weighted by atomic mass is 9.99. The lowest BCUT2D eigenvalue weighted by molar-refractivity contribution is 0.341. The quantitative estimate of drug-likeness (QED) is 0.787. The molecule has 0 aliphatic rings. The zero-order valence-electron chi connectivity index (χ0n) is 13.2. The predicted molar refractivity (Wildman–Crippen MR) is 89.8 cm³/mol. The first-order valence-electron chi connectivity index (χ1n) is 7.85. The summed E-state index contributed by atoms with van der Waals surface area (Å²) in [7, 11) is 0. The molecule has 1 N–H and O–H groups in total. The highest BCUT2D eigenvalue weighted by molar-refractivity contribution is 5.70. The standard InChI is InChI=1S/C19H25NO/c1-4-18(20-5-2)16-13-11-15(12-14-16)17-9-7-8-10-19(17)21-6-3/h7-14,18,20H,4-6H2,1-3H3. The smallest absolute Gasteiger partial charge is 0.127 e. The van der Waals surface area contributed by atoms with Crippen LogP contribution < -0.4 is 10.1 Å². The maximum Gasteiger partial charge on any atom is 0.127 e. The van der Waals surface area contributed by atoms with Gasteiger partial charge in [0.25, 0.3) is 0 Å². The van der Waals surface area contributed by atoms with Gasteiger partial charge in [-0.25, -0.2) is 0 Å². The molecule has 0 aliphatic carbocycles. The van der Waals surface area contributed by atoms with Crippen molar-refractivity contribution in [3.63, 3.8) is 0 Å². The second-order valence-corrected chi connectivity index (χ2v) is 5.07. The van der Waals surface area contributed by atoms with Crippen LogP contribution in [0.15, 0.2) is 48.5 Å². The molecule has 1 atom stereocenters. The normalized spacial score (nSPS) is 12.1.